The van der Waals surface area contributed by atoms with Crippen molar-refractivity contribution in [2.24, 2.45) is 0 Å². The molecular weight excluding hydrogens is 172 g/mol. The van der Waals surface area contributed by atoms with Crippen LogP contribution in [0.4, 0.5) is 11.4 Å². The van der Waals surface area contributed by atoms with Gasteiger partial charge in [-0.1, -0.05) is 0 Å². The molecule has 1 aliphatic rings. The Bertz CT molecular complexity index is 350. The number of anilines is 2. The highest BCUT2D eigenvalue weighted by molar-refractivity contribution is 5.64. The Morgan fingerprint density at radius 1 is 1.29 bits per heavy atom. The maximum absolute atomic E-state index is 5.77. The normalized spacial score (nSPS) is 15.8. The molecule has 0 aromatic heterocycles. The van der Waals surface area contributed by atoms with Crippen molar-refractivity contribution in [3.63, 3.8) is 0 Å². The van der Waals surface area contributed by atoms with Gasteiger partial charge in [-0.3, -0.25) is 0 Å². The van der Waals surface area contributed by atoms with Crippen LogP contribution in [-0.4, -0.2) is 12.1 Å². The second-order valence-electron chi connectivity index (χ2n) is 4.96. The molecule has 0 saturated heterocycles. The number of hydrogen-bond acceptors (Lipinski definition) is 2. The summed E-state index contributed by atoms with van der Waals surface area (Å²) in [5.74, 6) is 0. The summed E-state index contributed by atoms with van der Waals surface area (Å²) in [6.07, 6.45) is 1.12. The second-order valence-corrected chi connectivity index (χ2v) is 4.96. The zero-order chi connectivity index (χ0) is 10.3. The lowest BCUT2D eigenvalue weighted by Gasteiger charge is -2.34. The highest BCUT2D eigenvalue weighted by Crippen LogP contribution is 2.34. The Hall–Kier alpha value is -1.18. The maximum atomic E-state index is 5.77. The Morgan fingerprint density at radius 3 is 2.64 bits per heavy atom. The Morgan fingerprint density at radius 2 is 2.00 bits per heavy atom. The maximum Gasteiger partial charge on any atom is 0.0405 e. The summed E-state index contributed by atoms with van der Waals surface area (Å²) in [6.45, 7) is 7.86. The molecule has 0 aliphatic carbocycles. The molecule has 2 rings (SSSR count). The number of nitrogen functional groups attached to an aromatic ring is 1. The van der Waals surface area contributed by atoms with Crippen molar-refractivity contribution >= 4 is 11.4 Å². The molecule has 0 radical (unpaired) electrons. The smallest absolute Gasteiger partial charge is 0.0405 e. The van der Waals surface area contributed by atoms with Gasteiger partial charge >= 0.3 is 0 Å². The van der Waals surface area contributed by atoms with E-state index >= 15 is 0 Å². The van der Waals surface area contributed by atoms with E-state index in [0.717, 1.165) is 18.7 Å². The van der Waals surface area contributed by atoms with Gasteiger partial charge in [-0.05, 0) is 51.0 Å². The van der Waals surface area contributed by atoms with Crippen LogP contribution in [0, 0.1) is 0 Å². The van der Waals surface area contributed by atoms with Crippen LogP contribution in [0.2, 0.25) is 0 Å². The lowest BCUT2D eigenvalue weighted by molar-refractivity contribution is 0.518. The number of nitrogens with zero attached hydrogens (tertiary/aromatic N) is 1. The van der Waals surface area contributed by atoms with Crippen LogP contribution in [0.25, 0.3) is 0 Å². The van der Waals surface area contributed by atoms with Gasteiger partial charge in [0.1, 0.15) is 0 Å². The van der Waals surface area contributed by atoms with Gasteiger partial charge in [0, 0.05) is 23.5 Å². The van der Waals surface area contributed by atoms with Crippen LogP contribution in [-0.2, 0) is 6.42 Å². The van der Waals surface area contributed by atoms with E-state index in [-0.39, 0.29) is 5.54 Å². The van der Waals surface area contributed by atoms with Gasteiger partial charge in [-0.25, -0.2) is 0 Å². The third-order valence-corrected chi connectivity index (χ3v) is 2.81. The topological polar surface area (TPSA) is 29.3 Å². The third kappa shape index (κ3) is 1.45. The van der Waals surface area contributed by atoms with E-state index in [0.29, 0.717) is 0 Å². The van der Waals surface area contributed by atoms with Crippen LogP contribution in [0.15, 0.2) is 18.2 Å². The first kappa shape index (κ1) is 9.38. The summed E-state index contributed by atoms with van der Waals surface area (Å²) < 4.78 is 0. The van der Waals surface area contributed by atoms with Crippen LogP contribution in [0.3, 0.4) is 0 Å². The predicted octanol–water partition coefficient (Wildman–Crippen LogP) is 2.43. The average molecular weight is 190 g/mol. The van der Waals surface area contributed by atoms with Crippen molar-refractivity contribution in [2.75, 3.05) is 17.2 Å². The van der Waals surface area contributed by atoms with E-state index in [1.807, 2.05) is 6.07 Å². The van der Waals surface area contributed by atoms with Crippen molar-refractivity contribution in [1.29, 1.82) is 0 Å². The molecular formula is C12H18N2. The molecule has 0 spiro atoms. The first-order chi connectivity index (χ1) is 6.48. The first-order valence-corrected chi connectivity index (χ1v) is 5.14. The fourth-order valence-electron chi connectivity index (χ4n) is 2.12. The molecule has 1 aromatic carbocycles. The van der Waals surface area contributed by atoms with Gasteiger partial charge in [-0.2, -0.15) is 0 Å². The summed E-state index contributed by atoms with van der Waals surface area (Å²) >= 11 is 0. The molecule has 2 N–H and O–H groups in total. The fraction of sp³-hybridized carbons (Fsp3) is 0.500. The van der Waals surface area contributed by atoms with Gasteiger partial charge < -0.3 is 10.6 Å². The summed E-state index contributed by atoms with van der Waals surface area (Å²) in [5.41, 5.74) is 9.59. The van der Waals surface area contributed by atoms with Crippen LogP contribution >= 0.6 is 0 Å². The fourth-order valence-corrected chi connectivity index (χ4v) is 2.12. The molecule has 2 nitrogen and oxygen atoms in total. The van der Waals surface area contributed by atoms with Gasteiger partial charge in [0.2, 0.25) is 0 Å². The summed E-state index contributed by atoms with van der Waals surface area (Å²) in [6, 6.07) is 6.23. The van der Waals surface area contributed by atoms with Gasteiger partial charge in [0.05, 0.1) is 0 Å². The molecule has 0 bridgehead atoms. The van der Waals surface area contributed by atoms with Crippen LogP contribution < -0.4 is 10.6 Å². The number of hydrogen-bond donors (Lipinski definition) is 1. The minimum atomic E-state index is 0.210. The minimum absolute atomic E-state index is 0.210. The Balaban J connectivity index is 2.41. The molecule has 0 atom stereocenters. The monoisotopic (exact) mass is 190 g/mol. The highest BCUT2D eigenvalue weighted by Gasteiger charge is 2.27. The van der Waals surface area contributed by atoms with Gasteiger partial charge in [0.25, 0.3) is 0 Å². The van der Waals surface area contributed by atoms with E-state index in [2.05, 4.69) is 37.8 Å². The number of rotatable bonds is 0. The standard InChI is InChI=1S/C12H18N2/c1-12(2,3)14-7-6-9-8-10(13)4-5-11(9)14/h4-5,8H,6-7,13H2,1-3H3. The molecule has 0 saturated carbocycles. The molecule has 1 heterocycles. The quantitative estimate of drug-likeness (QED) is 0.637. The van der Waals surface area contributed by atoms with Crippen molar-refractivity contribution in [1.82, 2.24) is 0 Å². The lowest BCUT2D eigenvalue weighted by atomic mass is 10.1. The molecule has 0 unspecified atom stereocenters. The molecule has 76 valence electrons. The van der Waals surface area contributed by atoms with E-state index < -0.39 is 0 Å². The number of fused-ring (bicyclic) bond motifs is 1. The van der Waals surface area contributed by atoms with Crippen LogP contribution in [0.5, 0.6) is 0 Å². The van der Waals surface area contributed by atoms with Crippen LogP contribution in [0.1, 0.15) is 26.3 Å². The lowest BCUT2D eigenvalue weighted by Crippen LogP contribution is -2.40. The average Bonchev–Trinajstić information content (AvgIpc) is 2.45. The van der Waals surface area contributed by atoms with E-state index in [1.165, 1.54) is 11.3 Å². The van der Waals surface area contributed by atoms with Crippen molar-refractivity contribution in [3.05, 3.63) is 23.8 Å². The largest absolute Gasteiger partial charge is 0.399 e. The van der Waals surface area contributed by atoms with E-state index in [4.69, 9.17) is 5.73 Å². The molecule has 0 amide bonds. The third-order valence-electron chi connectivity index (χ3n) is 2.81. The zero-order valence-electron chi connectivity index (χ0n) is 9.17. The highest BCUT2D eigenvalue weighted by atomic mass is 15.2. The number of benzene rings is 1. The Kier molecular flexibility index (Phi) is 1.95. The summed E-state index contributed by atoms with van der Waals surface area (Å²) in [5, 5.41) is 0. The van der Waals surface area contributed by atoms with Gasteiger partial charge in [-0.15, -0.1) is 0 Å². The summed E-state index contributed by atoms with van der Waals surface area (Å²) in [4.78, 5) is 2.45. The molecule has 1 aliphatic heterocycles. The molecule has 14 heavy (non-hydrogen) atoms. The molecule has 0 fully saturated rings. The molecule has 2 heteroatoms. The second kappa shape index (κ2) is 2.91. The van der Waals surface area contributed by atoms with Crippen molar-refractivity contribution in [2.45, 2.75) is 32.7 Å². The SMILES string of the molecule is CC(C)(C)N1CCc2cc(N)ccc21. The number of nitrogens with two attached hydrogens (primary N) is 1. The van der Waals surface area contributed by atoms with E-state index in [9.17, 15) is 0 Å². The van der Waals surface area contributed by atoms with Crippen molar-refractivity contribution < 1.29 is 0 Å². The van der Waals surface area contributed by atoms with Crippen molar-refractivity contribution in [3.8, 4) is 0 Å². The Labute approximate surface area is 85.7 Å². The van der Waals surface area contributed by atoms with Gasteiger partial charge in [0.15, 0.2) is 0 Å². The first-order valence-electron chi connectivity index (χ1n) is 5.14. The minimum Gasteiger partial charge on any atom is -0.399 e. The predicted molar refractivity (Wildman–Crippen MR) is 61.7 cm³/mol. The van der Waals surface area contributed by atoms with E-state index in [1.54, 1.807) is 0 Å². The zero-order valence-corrected chi connectivity index (χ0v) is 9.17. The molecule has 1 aromatic rings. The summed E-state index contributed by atoms with van der Waals surface area (Å²) in [7, 11) is 0.